The van der Waals surface area contributed by atoms with Crippen LogP contribution in [0, 0.1) is 23.1 Å². The molecule has 37 heavy (non-hydrogen) atoms. The van der Waals surface area contributed by atoms with Crippen LogP contribution in [-0.4, -0.2) is 42.3 Å². The first-order valence-electron chi connectivity index (χ1n) is 12.5. The van der Waals surface area contributed by atoms with E-state index in [1.54, 1.807) is 36.4 Å². The summed E-state index contributed by atoms with van der Waals surface area (Å²) in [5.74, 6) is -0.538. The first kappa shape index (κ1) is 26.0. The molecule has 0 bridgehead atoms. The Morgan fingerprint density at radius 2 is 1.76 bits per heavy atom. The van der Waals surface area contributed by atoms with E-state index in [2.05, 4.69) is 28.4 Å². The van der Waals surface area contributed by atoms with Crippen LogP contribution in [0.15, 0.2) is 84.9 Å². The van der Waals surface area contributed by atoms with Crippen molar-refractivity contribution in [3.8, 4) is 6.07 Å². The molecule has 6 heteroatoms. The maximum atomic E-state index is 13.2. The summed E-state index contributed by atoms with van der Waals surface area (Å²) in [6, 6.07) is 24.9. The van der Waals surface area contributed by atoms with Crippen molar-refractivity contribution in [3.63, 3.8) is 0 Å². The fourth-order valence-corrected chi connectivity index (χ4v) is 4.73. The van der Waals surface area contributed by atoms with Crippen molar-refractivity contribution in [1.82, 2.24) is 10.2 Å². The van der Waals surface area contributed by atoms with Crippen LogP contribution >= 0.6 is 0 Å². The number of benzene rings is 3. The predicted molar refractivity (Wildman–Crippen MR) is 142 cm³/mol. The van der Waals surface area contributed by atoms with Crippen LogP contribution in [0.5, 0.6) is 0 Å². The third kappa shape index (κ3) is 7.70. The molecule has 0 radical (unpaired) electrons. The average Bonchev–Trinajstić information content (AvgIpc) is 2.93. The molecule has 1 atom stereocenters. The van der Waals surface area contributed by atoms with E-state index in [0.29, 0.717) is 24.1 Å². The SMILES string of the molecule is N#Cc1cccc(/C=C/C(=O)NC(Cc2ccccc2)CN2CCC(C(=O)c3ccc(F)cc3)CC2)c1. The van der Waals surface area contributed by atoms with Gasteiger partial charge in [0, 0.05) is 30.1 Å². The number of carbonyl (C=O) groups excluding carboxylic acids is 2. The molecule has 1 unspecified atom stereocenters. The summed E-state index contributed by atoms with van der Waals surface area (Å²) < 4.78 is 13.2. The van der Waals surface area contributed by atoms with Gasteiger partial charge >= 0.3 is 0 Å². The Labute approximate surface area is 217 Å². The maximum absolute atomic E-state index is 13.2. The molecule has 3 aromatic carbocycles. The van der Waals surface area contributed by atoms with Crippen LogP contribution in [0.2, 0.25) is 0 Å². The largest absolute Gasteiger partial charge is 0.348 e. The number of likely N-dealkylation sites (tertiary alicyclic amines) is 1. The Morgan fingerprint density at radius 1 is 1.03 bits per heavy atom. The first-order chi connectivity index (χ1) is 18.0. The monoisotopic (exact) mass is 495 g/mol. The van der Waals surface area contributed by atoms with Crippen LogP contribution in [0.25, 0.3) is 6.08 Å². The van der Waals surface area contributed by atoms with Crippen LogP contribution in [0.1, 0.15) is 39.9 Å². The Bertz CT molecular complexity index is 1270. The topological polar surface area (TPSA) is 73.2 Å². The number of rotatable bonds is 9. The van der Waals surface area contributed by atoms with Gasteiger partial charge in [0.05, 0.1) is 11.6 Å². The van der Waals surface area contributed by atoms with Crippen LogP contribution in [0.4, 0.5) is 4.39 Å². The summed E-state index contributed by atoms with van der Waals surface area (Å²) in [4.78, 5) is 27.9. The van der Waals surface area contributed by atoms with Gasteiger partial charge in [0.1, 0.15) is 5.82 Å². The highest BCUT2D eigenvalue weighted by molar-refractivity contribution is 5.97. The normalized spacial score (nSPS) is 15.2. The number of nitrogens with one attached hydrogen (secondary N) is 1. The molecule has 0 saturated carbocycles. The molecule has 1 aliphatic heterocycles. The van der Waals surface area contributed by atoms with Gasteiger partial charge < -0.3 is 10.2 Å². The lowest BCUT2D eigenvalue weighted by Gasteiger charge is -2.34. The minimum atomic E-state index is -0.344. The Kier molecular flexibility index (Phi) is 8.96. The van der Waals surface area contributed by atoms with E-state index in [-0.39, 0.29) is 29.5 Å². The van der Waals surface area contributed by atoms with E-state index in [4.69, 9.17) is 5.26 Å². The van der Waals surface area contributed by atoms with Crippen molar-refractivity contribution in [1.29, 1.82) is 5.26 Å². The number of halogens is 1. The van der Waals surface area contributed by atoms with E-state index in [9.17, 15) is 14.0 Å². The van der Waals surface area contributed by atoms with Gasteiger partial charge in [0.15, 0.2) is 5.78 Å². The van der Waals surface area contributed by atoms with Gasteiger partial charge in [0.2, 0.25) is 5.91 Å². The van der Waals surface area contributed by atoms with E-state index in [1.165, 1.54) is 18.2 Å². The van der Waals surface area contributed by atoms with Crippen molar-refractivity contribution in [2.75, 3.05) is 19.6 Å². The zero-order chi connectivity index (χ0) is 26.0. The standard InChI is InChI=1S/C31H30FN3O2/c32-28-12-10-26(11-13-28)31(37)27-15-17-35(18-16-27)22-29(20-23-5-2-1-3-6-23)34-30(36)14-9-24-7-4-8-25(19-24)21-33/h1-14,19,27,29H,15-18,20,22H2,(H,34,36)/b14-9+. The molecule has 1 heterocycles. The zero-order valence-electron chi connectivity index (χ0n) is 20.6. The van der Waals surface area contributed by atoms with E-state index < -0.39 is 0 Å². The highest BCUT2D eigenvalue weighted by Crippen LogP contribution is 2.22. The third-order valence-corrected chi connectivity index (χ3v) is 6.68. The molecule has 1 aliphatic rings. The van der Waals surface area contributed by atoms with Crippen molar-refractivity contribution in [3.05, 3.63) is 113 Å². The second-order valence-electron chi connectivity index (χ2n) is 9.41. The van der Waals surface area contributed by atoms with Crippen LogP contribution < -0.4 is 5.32 Å². The number of nitriles is 1. The minimum absolute atomic E-state index is 0.0689. The number of Topliss-reactive ketones (excluding diaryl/α,β-unsaturated/α-hetero) is 1. The molecule has 5 nitrogen and oxygen atoms in total. The summed E-state index contributed by atoms with van der Waals surface area (Å²) in [6.45, 7) is 2.20. The van der Waals surface area contributed by atoms with Crippen LogP contribution in [0.3, 0.4) is 0 Å². The lowest BCUT2D eigenvalue weighted by Crippen LogP contribution is -2.47. The summed E-state index contributed by atoms with van der Waals surface area (Å²) in [6.07, 6.45) is 5.37. The van der Waals surface area contributed by atoms with Gasteiger partial charge in [-0.15, -0.1) is 0 Å². The summed E-state index contributed by atoms with van der Waals surface area (Å²) in [5, 5.41) is 12.2. The van der Waals surface area contributed by atoms with Gasteiger partial charge in [-0.1, -0.05) is 42.5 Å². The zero-order valence-corrected chi connectivity index (χ0v) is 20.6. The summed E-state index contributed by atoms with van der Waals surface area (Å²) in [7, 11) is 0. The second-order valence-corrected chi connectivity index (χ2v) is 9.41. The fraction of sp³-hybridized carbons (Fsp3) is 0.258. The van der Waals surface area contributed by atoms with E-state index in [1.807, 2.05) is 24.3 Å². The fourth-order valence-electron chi connectivity index (χ4n) is 4.73. The van der Waals surface area contributed by atoms with Gasteiger partial charge in [-0.2, -0.15) is 5.26 Å². The number of ketones is 1. The van der Waals surface area contributed by atoms with Crippen molar-refractivity contribution in [2.45, 2.75) is 25.3 Å². The number of carbonyl (C=O) groups is 2. The first-order valence-corrected chi connectivity index (χ1v) is 12.5. The third-order valence-electron chi connectivity index (χ3n) is 6.68. The van der Waals surface area contributed by atoms with Gasteiger partial charge in [-0.25, -0.2) is 4.39 Å². The molecular formula is C31H30FN3O2. The van der Waals surface area contributed by atoms with Crippen molar-refractivity contribution in [2.24, 2.45) is 5.92 Å². The molecular weight excluding hydrogens is 465 g/mol. The number of hydrogen-bond donors (Lipinski definition) is 1. The van der Waals surface area contributed by atoms with Crippen LogP contribution in [-0.2, 0) is 11.2 Å². The number of piperidine rings is 1. The van der Waals surface area contributed by atoms with Gasteiger partial charge in [-0.05, 0) is 86.0 Å². The molecule has 1 fully saturated rings. The lowest BCUT2D eigenvalue weighted by molar-refractivity contribution is -0.117. The average molecular weight is 496 g/mol. The second kappa shape index (κ2) is 12.8. The van der Waals surface area contributed by atoms with Gasteiger partial charge in [-0.3, -0.25) is 9.59 Å². The molecule has 3 aromatic rings. The molecule has 1 saturated heterocycles. The van der Waals surface area contributed by atoms with Crippen molar-refractivity contribution >= 4 is 17.8 Å². The van der Waals surface area contributed by atoms with Gasteiger partial charge in [0.25, 0.3) is 0 Å². The highest BCUT2D eigenvalue weighted by atomic mass is 19.1. The number of hydrogen-bond acceptors (Lipinski definition) is 4. The molecule has 1 N–H and O–H groups in total. The molecule has 0 spiro atoms. The molecule has 0 aromatic heterocycles. The maximum Gasteiger partial charge on any atom is 0.244 e. The van der Waals surface area contributed by atoms with Crippen molar-refractivity contribution < 1.29 is 14.0 Å². The minimum Gasteiger partial charge on any atom is -0.348 e. The number of nitrogens with zero attached hydrogens (tertiary/aromatic N) is 2. The van der Waals surface area contributed by atoms with E-state index in [0.717, 1.165) is 37.1 Å². The number of amides is 1. The highest BCUT2D eigenvalue weighted by Gasteiger charge is 2.27. The summed E-state index contributed by atoms with van der Waals surface area (Å²) in [5.41, 5.74) is 3.04. The molecule has 0 aliphatic carbocycles. The Balaban J connectivity index is 1.36. The molecule has 188 valence electrons. The Morgan fingerprint density at radius 3 is 2.46 bits per heavy atom. The summed E-state index contributed by atoms with van der Waals surface area (Å²) >= 11 is 0. The molecule has 4 rings (SSSR count). The lowest BCUT2D eigenvalue weighted by atomic mass is 9.88. The smallest absolute Gasteiger partial charge is 0.244 e. The predicted octanol–water partition coefficient (Wildman–Crippen LogP) is 5.03. The molecule has 1 amide bonds. The van der Waals surface area contributed by atoms with E-state index >= 15 is 0 Å². The quantitative estimate of drug-likeness (QED) is 0.334. The Hall–Kier alpha value is -4.08.